The molecule has 0 unspecified atom stereocenters. The molecule has 0 atom stereocenters. The summed E-state index contributed by atoms with van der Waals surface area (Å²) in [6.45, 7) is 2.11. The number of fused-ring (bicyclic) bond motifs is 1. The summed E-state index contributed by atoms with van der Waals surface area (Å²) in [7, 11) is 0. The number of hydrogen-bond acceptors (Lipinski definition) is 4. The number of benzene rings is 2. The Kier molecular flexibility index (Phi) is 4.07. The Morgan fingerprint density at radius 3 is 2.88 bits per heavy atom. The summed E-state index contributed by atoms with van der Waals surface area (Å²) in [5, 5.41) is 4.79. The molecule has 0 radical (unpaired) electrons. The van der Waals surface area contributed by atoms with Gasteiger partial charge in [0.25, 0.3) is 5.91 Å². The molecule has 2 aromatic carbocycles. The highest BCUT2D eigenvalue weighted by Gasteiger charge is 2.11. The maximum atomic E-state index is 12.2. The zero-order chi connectivity index (χ0) is 17.2. The van der Waals surface area contributed by atoms with E-state index in [1.807, 2.05) is 47.8 Å². The molecule has 2 aromatic heterocycles. The van der Waals surface area contributed by atoms with Gasteiger partial charge in [-0.15, -0.1) is 11.3 Å². The summed E-state index contributed by atoms with van der Waals surface area (Å²) in [6, 6.07) is 17.2. The fourth-order valence-corrected chi connectivity index (χ4v) is 3.27. The third kappa shape index (κ3) is 3.19. The molecule has 4 nitrogen and oxygen atoms in total. The SMILES string of the molecule is CCc1ccc2oc(-c3cccc(NC(=O)c4cccs4)c3)nc2c1. The Morgan fingerprint density at radius 1 is 1.16 bits per heavy atom. The molecule has 0 fully saturated rings. The first-order chi connectivity index (χ1) is 12.2. The Bertz CT molecular complexity index is 1030. The Labute approximate surface area is 149 Å². The van der Waals surface area contributed by atoms with E-state index in [0.29, 0.717) is 16.5 Å². The maximum Gasteiger partial charge on any atom is 0.265 e. The average Bonchev–Trinajstić information content (AvgIpc) is 3.31. The summed E-state index contributed by atoms with van der Waals surface area (Å²) in [5.41, 5.74) is 4.39. The third-order valence-corrected chi connectivity index (χ3v) is 4.84. The molecule has 2 heterocycles. The lowest BCUT2D eigenvalue weighted by Gasteiger charge is -2.04. The van der Waals surface area contributed by atoms with E-state index in [4.69, 9.17) is 4.42 Å². The van der Waals surface area contributed by atoms with E-state index >= 15 is 0 Å². The number of carbonyl (C=O) groups is 1. The molecule has 124 valence electrons. The minimum atomic E-state index is -0.114. The molecule has 0 saturated carbocycles. The Hall–Kier alpha value is -2.92. The molecule has 25 heavy (non-hydrogen) atoms. The van der Waals surface area contributed by atoms with E-state index in [9.17, 15) is 4.79 Å². The number of aryl methyl sites for hydroxylation is 1. The van der Waals surface area contributed by atoms with Gasteiger partial charge in [0.1, 0.15) is 5.52 Å². The van der Waals surface area contributed by atoms with Crippen LogP contribution < -0.4 is 5.32 Å². The second-order valence-corrected chi connectivity index (χ2v) is 6.63. The quantitative estimate of drug-likeness (QED) is 0.539. The predicted octanol–water partition coefficient (Wildman–Crippen LogP) is 5.37. The minimum Gasteiger partial charge on any atom is -0.436 e. The van der Waals surface area contributed by atoms with Crippen LogP contribution in [0.5, 0.6) is 0 Å². The van der Waals surface area contributed by atoms with Gasteiger partial charge in [0.15, 0.2) is 5.58 Å². The van der Waals surface area contributed by atoms with Crippen molar-refractivity contribution in [1.29, 1.82) is 0 Å². The van der Waals surface area contributed by atoms with Gasteiger partial charge in [-0.05, 0) is 53.8 Å². The number of nitrogens with zero attached hydrogens (tertiary/aromatic N) is 1. The second kappa shape index (κ2) is 6.53. The van der Waals surface area contributed by atoms with Crippen molar-refractivity contribution >= 4 is 34.0 Å². The van der Waals surface area contributed by atoms with Gasteiger partial charge in [-0.3, -0.25) is 4.79 Å². The first kappa shape index (κ1) is 15.6. The van der Waals surface area contributed by atoms with Crippen molar-refractivity contribution in [2.75, 3.05) is 5.32 Å². The van der Waals surface area contributed by atoms with E-state index < -0.39 is 0 Å². The third-order valence-electron chi connectivity index (χ3n) is 3.97. The van der Waals surface area contributed by atoms with Crippen LogP contribution in [0.4, 0.5) is 5.69 Å². The topological polar surface area (TPSA) is 55.1 Å². The summed E-state index contributed by atoms with van der Waals surface area (Å²) in [6.07, 6.45) is 0.961. The van der Waals surface area contributed by atoms with Gasteiger partial charge in [-0.25, -0.2) is 4.98 Å². The smallest absolute Gasteiger partial charge is 0.265 e. The molecule has 0 aliphatic heterocycles. The highest BCUT2D eigenvalue weighted by Crippen LogP contribution is 2.27. The molecular formula is C20H16N2O2S. The fourth-order valence-electron chi connectivity index (χ4n) is 2.65. The van der Waals surface area contributed by atoms with E-state index in [-0.39, 0.29) is 5.91 Å². The molecule has 1 amide bonds. The molecule has 4 rings (SSSR count). The number of hydrogen-bond donors (Lipinski definition) is 1. The van der Waals surface area contributed by atoms with Crippen LogP contribution in [0.25, 0.3) is 22.6 Å². The van der Waals surface area contributed by atoms with E-state index in [0.717, 1.165) is 23.1 Å². The van der Waals surface area contributed by atoms with Gasteiger partial charge >= 0.3 is 0 Å². The average molecular weight is 348 g/mol. The molecule has 0 bridgehead atoms. The van der Waals surface area contributed by atoms with Crippen LogP contribution in [0, 0.1) is 0 Å². The standard InChI is InChI=1S/C20H16N2O2S/c1-2-13-8-9-17-16(11-13)22-20(24-17)14-5-3-6-15(12-14)21-19(23)18-7-4-10-25-18/h3-12H,2H2,1H3,(H,21,23). The molecular weight excluding hydrogens is 332 g/mol. The minimum absolute atomic E-state index is 0.114. The van der Waals surface area contributed by atoms with E-state index in [2.05, 4.69) is 23.3 Å². The molecule has 0 saturated heterocycles. The number of thiophene rings is 1. The van der Waals surface area contributed by atoms with Gasteiger partial charge in [-0.1, -0.05) is 25.1 Å². The van der Waals surface area contributed by atoms with Crippen molar-refractivity contribution < 1.29 is 9.21 Å². The van der Waals surface area contributed by atoms with Crippen molar-refractivity contribution in [2.24, 2.45) is 0 Å². The molecule has 4 aromatic rings. The number of anilines is 1. The summed E-state index contributed by atoms with van der Waals surface area (Å²) >= 11 is 1.41. The molecule has 0 aliphatic carbocycles. The fraction of sp³-hybridized carbons (Fsp3) is 0.100. The van der Waals surface area contributed by atoms with Gasteiger partial charge in [0, 0.05) is 11.3 Å². The summed E-state index contributed by atoms with van der Waals surface area (Å²) < 4.78 is 5.86. The van der Waals surface area contributed by atoms with Crippen molar-refractivity contribution in [2.45, 2.75) is 13.3 Å². The lowest BCUT2D eigenvalue weighted by molar-refractivity contribution is 0.103. The summed E-state index contributed by atoms with van der Waals surface area (Å²) in [4.78, 5) is 17.5. The Morgan fingerprint density at radius 2 is 2.08 bits per heavy atom. The number of carbonyl (C=O) groups excluding carboxylic acids is 1. The Balaban J connectivity index is 1.64. The highest BCUT2D eigenvalue weighted by atomic mass is 32.1. The van der Waals surface area contributed by atoms with Crippen LogP contribution >= 0.6 is 11.3 Å². The van der Waals surface area contributed by atoms with Gasteiger partial charge in [0.05, 0.1) is 4.88 Å². The van der Waals surface area contributed by atoms with Crippen molar-refractivity contribution in [3.8, 4) is 11.5 Å². The van der Waals surface area contributed by atoms with Gasteiger partial charge in [-0.2, -0.15) is 0 Å². The number of rotatable bonds is 4. The number of aromatic nitrogens is 1. The lowest BCUT2D eigenvalue weighted by Crippen LogP contribution is -2.09. The van der Waals surface area contributed by atoms with Gasteiger partial charge < -0.3 is 9.73 Å². The number of oxazole rings is 1. The highest BCUT2D eigenvalue weighted by molar-refractivity contribution is 7.12. The van der Waals surface area contributed by atoms with Crippen molar-refractivity contribution in [3.05, 3.63) is 70.4 Å². The van der Waals surface area contributed by atoms with Crippen LogP contribution in [-0.2, 0) is 6.42 Å². The molecule has 1 N–H and O–H groups in total. The normalized spacial score (nSPS) is 10.9. The number of amides is 1. The van der Waals surface area contributed by atoms with Crippen molar-refractivity contribution in [1.82, 2.24) is 4.98 Å². The first-order valence-electron chi connectivity index (χ1n) is 8.07. The monoisotopic (exact) mass is 348 g/mol. The maximum absolute atomic E-state index is 12.2. The second-order valence-electron chi connectivity index (χ2n) is 5.69. The van der Waals surface area contributed by atoms with Crippen molar-refractivity contribution in [3.63, 3.8) is 0 Å². The van der Waals surface area contributed by atoms with Gasteiger partial charge in [0.2, 0.25) is 5.89 Å². The van der Waals surface area contributed by atoms with Crippen LogP contribution in [0.15, 0.2) is 64.4 Å². The van der Waals surface area contributed by atoms with Crippen LogP contribution in [0.3, 0.4) is 0 Å². The largest absolute Gasteiger partial charge is 0.436 e. The zero-order valence-electron chi connectivity index (χ0n) is 13.7. The van der Waals surface area contributed by atoms with E-state index in [1.165, 1.54) is 16.9 Å². The molecule has 5 heteroatoms. The van der Waals surface area contributed by atoms with E-state index in [1.54, 1.807) is 6.07 Å². The number of nitrogens with one attached hydrogen (secondary N) is 1. The summed E-state index contributed by atoms with van der Waals surface area (Å²) in [5.74, 6) is 0.438. The lowest BCUT2D eigenvalue weighted by atomic mass is 10.1. The van der Waals surface area contributed by atoms with Crippen LogP contribution in [-0.4, -0.2) is 10.9 Å². The van der Waals surface area contributed by atoms with Crippen LogP contribution in [0.2, 0.25) is 0 Å². The molecule has 0 spiro atoms. The van der Waals surface area contributed by atoms with Crippen LogP contribution in [0.1, 0.15) is 22.2 Å². The predicted molar refractivity (Wildman–Crippen MR) is 101 cm³/mol. The zero-order valence-corrected chi connectivity index (χ0v) is 14.5. The molecule has 0 aliphatic rings. The first-order valence-corrected chi connectivity index (χ1v) is 8.95.